The van der Waals surface area contributed by atoms with Crippen molar-refractivity contribution in [2.45, 2.75) is 0 Å². The molecule has 0 atom stereocenters. The highest BCUT2D eigenvalue weighted by molar-refractivity contribution is 5.99. The number of hydrogen-bond donors (Lipinski definition) is 2. The lowest BCUT2D eigenvalue weighted by atomic mass is 10.1. The van der Waals surface area contributed by atoms with E-state index in [9.17, 15) is 9.59 Å². The molecule has 0 aliphatic rings. The number of amides is 2. The van der Waals surface area contributed by atoms with Crippen LogP contribution >= 0.6 is 0 Å². The van der Waals surface area contributed by atoms with Crippen LogP contribution in [0.25, 0.3) is 0 Å². The second-order valence-corrected chi connectivity index (χ2v) is 10.1. The van der Waals surface area contributed by atoms with Crippen LogP contribution in [0.5, 0.6) is 17.2 Å². The van der Waals surface area contributed by atoms with Gasteiger partial charge < -0.3 is 56.8 Å². The van der Waals surface area contributed by atoms with Crippen LogP contribution in [0.15, 0.2) is 36.7 Å². The van der Waals surface area contributed by atoms with Crippen molar-refractivity contribution in [3.63, 3.8) is 0 Å². The van der Waals surface area contributed by atoms with Crippen molar-refractivity contribution in [3.8, 4) is 17.2 Å². The molecule has 0 unspecified atom stereocenters. The Balaban J connectivity index is 2.12. The predicted octanol–water partition coefficient (Wildman–Crippen LogP) is 1.33. The lowest BCUT2D eigenvalue weighted by molar-refractivity contribution is 0.0146. The molecule has 0 saturated carbocycles. The normalized spacial score (nSPS) is 11.0. The zero-order chi connectivity index (χ0) is 36.6. The van der Waals surface area contributed by atoms with Gasteiger partial charge in [0.1, 0.15) is 19.8 Å². The fraction of sp³-hybridized carbons (Fsp3) is 0.618. The number of aromatic nitrogens is 1. The van der Waals surface area contributed by atoms with Crippen molar-refractivity contribution < 1.29 is 66.4 Å². The summed E-state index contributed by atoms with van der Waals surface area (Å²) in [4.78, 5) is 29.7. The number of nitrogens with one attached hydrogen (secondary N) is 2. The minimum atomic E-state index is -0.621. The summed E-state index contributed by atoms with van der Waals surface area (Å²) in [7, 11) is 4.81. The Kier molecular flexibility index (Phi) is 25.6. The molecule has 1 aromatic heterocycles. The van der Waals surface area contributed by atoms with Crippen molar-refractivity contribution in [3.05, 3.63) is 47.8 Å². The molecule has 0 spiro atoms. The van der Waals surface area contributed by atoms with E-state index in [-0.39, 0.29) is 62.5 Å². The maximum atomic E-state index is 13.2. The smallest absolute Gasteiger partial charge is 0.269 e. The Labute approximate surface area is 299 Å². The average molecular weight is 728 g/mol. The van der Waals surface area contributed by atoms with Gasteiger partial charge in [0.2, 0.25) is 5.75 Å². The van der Waals surface area contributed by atoms with Gasteiger partial charge >= 0.3 is 0 Å². The molecule has 2 N–H and O–H groups in total. The van der Waals surface area contributed by atoms with E-state index in [4.69, 9.17) is 56.8 Å². The topological polar surface area (TPSA) is 182 Å². The molecule has 0 aliphatic carbocycles. The molecule has 0 bridgehead atoms. The van der Waals surface area contributed by atoms with Gasteiger partial charge in [-0.1, -0.05) is 0 Å². The van der Waals surface area contributed by atoms with E-state index in [2.05, 4.69) is 15.8 Å². The van der Waals surface area contributed by atoms with Crippen molar-refractivity contribution >= 4 is 11.8 Å². The minimum Gasteiger partial charge on any atom is -0.487 e. The quantitative estimate of drug-likeness (QED) is 0.0813. The Bertz CT molecular complexity index is 1140. The summed E-state index contributed by atoms with van der Waals surface area (Å²) in [5.74, 6) is -0.459. The highest BCUT2D eigenvalue weighted by Gasteiger charge is 2.20. The number of carbonyl (C=O) groups is 2. The second-order valence-electron chi connectivity index (χ2n) is 10.1. The van der Waals surface area contributed by atoms with E-state index in [1.165, 1.54) is 36.7 Å². The van der Waals surface area contributed by atoms with Crippen molar-refractivity contribution in [1.29, 1.82) is 0 Å². The minimum absolute atomic E-state index is 0.124. The first-order chi connectivity index (χ1) is 25.1. The molecule has 17 heteroatoms. The maximum Gasteiger partial charge on any atom is 0.269 e. The Morgan fingerprint density at radius 1 is 0.471 bits per heavy atom. The number of rotatable bonds is 32. The van der Waals surface area contributed by atoms with Gasteiger partial charge in [-0.25, -0.2) is 0 Å². The molecule has 0 radical (unpaired) electrons. The summed E-state index contributed by atoms with van der Waals surface area (Å²) in [6, 6.07) is 6.02. The molecule has 2 amide bonds. The van der Waals surface area contributed by atoms with Crippen LogP contribution < -0.4 is 25.1 Å². The van der Waals surface area contributed by atoms with Crippen LogP contribution in [-0.4, -0.2) is 157 Å². The van der Waals surface area contributed by atoms with Crippen LogP contribution in [0.2, 0.25) is 0 Å². The molecule has 0 fully saturated rings. The summed E-state index contributed by atoms with van der Waals surface area (Å²) in [5, 5.41) is 0. The van der Waals surface area contributed by atoms with E-state index < -0.39 is 11.8 Å². The summed E-state index contributed by atoms with van der Waals surface area (Å²) >= 11 is 0. The molecule has 1 aromatic carbocycles. The van der Waals surface area contributed by atoms with Gasteiger partial charge in [0.25, 0.3) is 11.8 Å². The Morgan fingerprint density at radius 3 is 1.20 bits per heavy atom. The van der Waals surface area contributed by atoms with Crippen LogP contribution in [0.1, 0.15) is 20.7 Å². The van der Waals surface area contributed by atoms with Gasteiger partial charge in [-0.05, 0) is 24.3 Å². The standard InChI is InChI=1S/C34H53N3O14/c1-40-8-11-43-14-17-46-20-23-49-30-26-29(34(39)37-36-33(38)28-4-6-35-7-5-28)27-31(50-24-21-47-18-15-44-12-9-41-2)32(30)51-25-22-48-19-16-45-13-10-42-3/h4-7,26-27H,8-25H2,1-3H3,(H,36,38)(H,37,39). The van der Waals surface area contributed by atoms with Gasteiger partial charge in [0, 0.05) is 44.8 Å². The third-order valence-electron chi connectivity index (χ3n) is 6.37. The molecule has 0 aliphatic heterocycles. The highest BCUT2D eigenvalue weighted by atomic mass is 16.6. The highest BCUT2D eigenvalue weighted by Crippen LogP contribution is 2.39. The predicted molar refractivity (Wildman–Crippen MR) is 183 cm³/mol. The van der Waals surface area contributed by atoms with Gasteiger partial charge in [0.15, 0.2) is 11.5 Å². The van der Waals surface area contributed by atoms with E-state index >= 15 is 0 Å². The van der Waals surface area contributed by atoms with Crippen LogP contribution in [-0.2, 0) is 42.6 Å². The zero-order valence-corrected chi connectivity index (χ0v) is 29.9. The van der Waals surface area contributed by atoms with Gasteiger partial charge in [0.05, 0.1) is 99.1 Å². The number of methoxy groups -OCH3 is 3. The molecule has 0 saturated heterocycles. The van der Waals surface area contributed by atoms with Gasteiger partial charge in [-0.2, -0.15) is 0 Å². The van der Waals surface area contributed by atoms with E-state index in [1.807, 2.05) is 0 Å². The third-order valence-corrected chi connectivity index (χ3v) is 6.37. The molecule has 17 nitrogen and oxygen atoms in total. The molecule has 51 heavy (non-hydrogen) atoms. The number of hydrogen-bond acceptors (Lipinski definition) is 15. The average Bonchev–Trinajstić information content (AvgIpc) is 3.15. The van der Waals surface area contributed by atoms with Crippen molar-refractivity contribution in [1.82, 2.24) is 15.8 Å². The molecular formula is C34H53N3O14. The molecule has 2 aromatic rings. The van der Waals surface area contributed by atoms with E-state index in [0.29, 0.717) is 84.8 Å². The fourth-order valence-electron chi connectivity index (χ4n) is 3.84. The second kappa shape index (κ2) is 30.0. The van der Waals surface area contributed by atoms with Crippen LogP contribution in [0, 0.1) is 0 Å². The van der Waals surface area contributed by atoms with Gasteiger partial charge in [-0.3, -0.25) is 25.4 Å². The van der Waals surface area contributed by atoms with Crippen LogP contribution in [0.4, 0.5) is 0 Å². The van der Waals surface area contributed by atoms with Crippen molar-refractivity contribution in [2.75, 3.05) is 140 Å². The van der Waals surface area contributed by atoms with E-state index in [1.54, 1.807) is 21.3 Å². The number of carbonyl (C=O) groups excluding carboxylic acids is 2. The first kappa shape index (κ1) is 43.5. The number of hydrazine groups is 1. The molecule has 288 valence electrons. The van der Waals surface area contributed by atoms with E-state index in [0.717, 1.165) is 0 Å². The van der Waals surface area contributed by atoms with Crippen molar-refractivity contribution in [2.24, 2.45) is 0 Å². The summed E-state index contributed by atoms with van der Waals surface area (Å²) < 4.78 is 66.1. The monoisotopic (exact) mass is 727 g/mol. The zero-order valence-electron chi connectivity index (χ0n) is 29.9. The van der Waals surface area contributed by atoms with Gasteiger partial charge in [-0.15, -0.1) is 0 Å². The lowest BCUT2D eigenvalue weighted by Crippen LogP contribution is -2.41. The first-order valence-corrected chi connectivity index (χ1v) is 16.6. The molecule has 1 heterocycles. The fourth-order valence-corrected chi connectivity index (χ4v) is 3.84. The molecule has 2 rings (SSSR count). The number of benzene rings is 1. The Morgan fingerprint density at radius 2 is 0.804 bits per heavy atom. The lowest BCUT2D eigenvalue weighted by Gasteiger charge is -2.19. The summed E-state index contributed by atoms with van der Waals surface area (Å²) in [5.41, 5.74) is 5.27. The first-order valence-electron chi connectivity index (χ1n) is 16.6. The summed E-state index contributed by atoms with van der Waals surface area (Å²) in [6.45, 7) is 6.27. The maximum absolute atomic E-state index is 13.2. The number of ether oxygens (including phenoxy) is 12. The summed E-state index contributed by atoms with van der Waals surface area (Å²) in [6.07, 6.45) is 2.95. The van der Waals surface area contributed by atoms with Crippen LogP contribution in [0.3, 0.4) is 0 Å². The number of nitrogens with zero attached hydrogens (tertiary/aromatic N) is 1. The third kappa shape index (κ3) is 20.7. The molecular weight excluding hydrogens is 674 g/mol. The number of pyridine rings is 1. The Hall–Kier alpha value is -3.65. The SMILES string of the molecule is COCCOCCOCCOc1cc(C(=O)NNC(=O)c2ccncc2)cc(OCCOCCOCCOC)c1OCCOCCOCCOC. The largest absolute Gasteiger partial charge is 0.487 e.